The number of benzene rings is 1. The minimum absolute atomic E-state index is 0.341. The van der Waals surface area contributed by atoms with Crippen molar-refractivity contribution < 1.29 is 9.59 Å². The number of aromatic amines is 1. The fraction of sp³-hybridized carbons (Fsp3) is 0.167. The maximum absolute atomic E-state index is 11.6. The minimum atomic E-state index is -0.631. The second-order valence-corrected chi connectivity index (χ2v) is 4.96. The molecule has 8 heteroatoms. The van der Waals surface area contributed by atoms with Crippen molar-refractivity contribution in [3.63, 3.8) is 0 Å². The fourth-order valence-corrected chi connectivity index (χ4v) is 2.27. The van der Waals surface area contributed by atoms with E-state index in [0.29, 0.717) is 11.0 Å². The van der Waals surface area contributed by atoms with Crippen LogP contribution in [0.25, 0.3) is 11.4 Å². The molecule has 3 amide bonds. The quantitative estimate of drug-likeness (QED) is 0.580. The van der Waals surface area contributed by atoms with Gasteiger partial charge in [0.1, 0.15) is 6.04 Å². The number of nitrogens with zero attached hydrogens (tertiary/aromatic N) is 2. The number of rotatable bonds is 3. The molecule has 7 nitrogen and oxygen atoms in total. The Balaban J connectivity index is 1.84. The number of aromatic nitrogens is 3. The van der Waals surface area contributed by atoms with Crippen molar-refractivity contribution in [1.29, 1.82) is 0 Å². The third kappa shape index (κ3) is 2.25. The molecule has 1 aliphatic heterocycles. The van der Waals surface area contributed by atoms with Crippen LogP contribution >= 0.6 is 11.8 Å². The summed E-state index contributed by atoms with van der Waals surface area (Å²) in [6.45, 7) is 0. The number of thioether (sulfide) groups is 1. The zero-order valence-corrected chi connectivity index (χ0v) is 11.3. The zero-order valence-electron chi connectivity index (χ0n) is 10.5. The molecule has 2 heterocycles. The molecule has 0 bridgehead atoms. The molecule has 0 radical (unpaired) electrons. The maximum Gasteiger partial charge on any atom is 0.322 e. The summed E-state index contributed by atoms with van der Waals surface area (Å²) >= 11 is 1.45. The molecule has 1 saturated heterocycles. The first-order chi connectivity index (χ1) is 9.67. The number of carbonyl (C=O) groups excluding carboxylic acids is 2. The molecule has 1 aromatic carbocycles. The number of carbonyl (C=O) groups is 2. The minimum Gasteiger partial charge on any atom is -0.322 e. The first kappa shape index (κ1) is 12.7. The summed E-state index contributed by atoms with van der Waals surface area (Å²) in [6.07, 6.45) is 1.90. The lowest BCUT2D eigenvalue weighted by molar-refractivity contribution is -0.120. The third-order valence-electron chi connectivity index (χ3n) is 2.94. The summed E-state index contributed by atoms with van der Waals surface area (Å²) < 4.78 is 0. The van der Waals surface area contributed by atoms with Gasteiger partial charge in [0.05, 0.1) is 0 Å². The van der Waals surface area contributed by atoms with Crippen LogP contribution in [0.15, 0.2) is 29.4 Å². The second kappa shape index (κ2) is 4.97. The van der Waals surface area contributed by atoms with Gasteiger partial charge in [0.15, 0.2) is 5.82 Å². The van der Waals surface area contributed by atoms with Gasteiger partial charge in [-0.2, -0.15) is 0 Å². The number of amides is 3. The van der Waals surface area contributed by atoms with E-state index in [-0.39, 0.29) is 5.91 Å². The van der Waals surface area contributed by atoms with Gasteiger partial charge in [-0.1, -0.05) is 36.0 Å². The van der Waals surface area contributed by atoms with E-state index < -0.39 is 12.1 Å². The molecule has 3 rings (SSSR count). The number of urea groups is 1. The lowest BCUT2D eigenvalue weighted by atomic mass is 10.0. The van der Waals surface area contributed by atoms with Crippen LogP contribution in [-0.2, 0) is 4.79 Å². The van der Waals surface area contributed by atoms with Gasteiger partial charge in [0, 0.05) is 5.56 Å². The van der Waals surface area contributed by atoms with Gasteiger partial charge in [-0.25, -0.2) is 9.78 Å². The van der Waals surface area contributed by atoms with E-state index in [1.165, 1.54) is 11.8 Å². The van der Waals surface area contributed by atoms with E-state index in [1.807, 2.05) is 18.4 Å². The molecule has 1 fully saturated rings. The summed E-state index contributed by atoms with van der Waals surface area (Å²) in [5, 5.41) is 12.3. The monoisotopic (exact) mass is 289 g/mol. The maximum atomic E-state index is 11.6. The standard InChI is InChI=1S/C12H11N5O2S/c1-20-12-14-9(16-17-12)7-4-2-6(3-5-7)8-10(18)15-11(19)13-8/h2-5,8H,1H3,(H,14,16,17)(H2,13,15,18,19)/t8-/m1/s1. The van der Waals surface area contributed by atoms with Crippen LogP contribution in [0.3, 0.4) is 0 Å². The lowest BCUT2D eigenvalue weighted by Gasteiger charge is -2.07. The van der Waals surface area contributed by atoms with Gasteiger partial charge < -0.3 is 5.32 Å². The predicted molar refractivity (Wildman–Crippen MR) is 73.0 cm³/mol. The highest BCUT2D eigenvalue weighted by Gasteiger charge is 2.30. The number of imide groups is 1. The molecule has 3 N–H and O–H groups in total. The van der Waals surface area contributed by atoms with Crippen LogP contribution < -0.4 is 10.6 Å². The molecule has 0 aliphatic carbocycles. The average molecular weight is 289 g/mol. The topological polar surface area (TPSA) is 99.8 Å². The number of nitrogens with one attached hydrogen (secondary N) is 3. The summed E-state index contributed by atoms with van der Waals surface area (Å²) in [4.78, 5) is 26.9. The Bertz CT molecular complexity index is 667. The summed E-state index contributed by atoms with van der Waals surface area (Å²) in [5.41, 5.74) is 1.59. The molecule has 0 spiro atoms. The van der Waals surface area contributed by atoms with Crippen molar-refractivity contribution in [3.8, 4) is 11.4 Å². The van der Waals surface area contributed by atoms with Gasteiger partial charge in [0.25, 0.3) is 5.91 Å². The molecule has 1 atom stereocenters. The van der Waals surface area contributed by atoms with Crippen molar-refractivity contribution in [2.45, 2.75) is 11.2 Å². The van der Waals surface area contributed by atoms with Crippen LogP contribution in [0, 0.1) is 0 Å². The molecule has 102 valence electrons. The van der Waals surface area contributed by atoms with E-state index in [1.54, 1.807) is 12.1 Å². The van der Waals surface area contributed by atoms with Crippen molar-refractivity contribution in [3.05, 3.63) is 29.8 Å². The van der Waals surface area contributed by atoms with Crippen molar-refractivity contribution in [2.75, 3.05) is 6.26 Å². The molecule has 20 heavy (non-hydrogen) atoms. The van der Waals surface area contributed by atoms with Gasteiger partial charge in [-0.3, -0.25) is 15.2 Å². The van der Waals surface area contributed by atoms with Crippen LogP contribution in [0.5, 0.6) is 0 Å². The fourth-order valence-electron chi connectivity index (χ4n) is 1.95. The highest BCUT2D eigenvalue weighted by molar-refractivity contribution is 7.98. The second-order valence-electron chi connectivity index (χ2n) is 4.19. The third-order valence-corrected chi connectivity index (χ3v) is 3.49. The van der Waals surface area contributed by atoms with E-state index >= 15 is 0 Å². The van der Waals surface area contributed by atoms with Gasteiger partial charge in [-0.05, 0) is 11.8 Å². The SMILES string of the molecule is CSc1n[nH]c(-c2ccc([C@H]3NC(=O)NC3=O)cc2)n1. The molecule has 0 saturated carbocycles. The Morgan fingerprint density at radius 2 is 1.95 bits per heavy atom. The van der Waals surface area contributed by atoms with Crippen molar-refractivity contribution >= 4 is 23.7 Å². The Morgan fingerprint density at radius 3 is 2.50 bits per heavy atom. The molecular weight excluding hydrogens is 278 g/mol. The molecule has 2 aromatic rings. The normalized spacial score (nSPS) is 17.9. The van der Waals surface area contributed by atoms with E-state index in [2.05, 4.69) is 25.8 Å². The van der Waals surface area contributed by atoms with Gasteiger partial charge >= 0.3 is 6.03 Å². The van der Waals surface area contributed by atoms with Gasteiger partial charge in [0.2, 0.25) is 5.16 Å². The Kier molecular flexibility index (Phi) is 3.15. The summed E-state index contributed by atoms with van der Waals surface area (Å²) in [6, 6.07) is 6.13. The highest BCUT2D eigenvalue weighted by Crippen LogP contribution is 2.22. The van der Waals surface area contributed by atoms with E-state index in [4.69, 9.17) is 0 Å². The van der Waals surface area contributed by atoms with E-state index in [9.17, 15) is 9.59 Å². The van der Waals surface area contributed by atoms with Crippen molar-refractivity contribution in [1.82, 2.24) is 25.8 Å². The largest absolute Gasteiger partial charge is 0.322 e. The summed E-state index contributed by atoms with van der Waals surface area (Å²) in [7, 11) is 0. The van der Waals surface area contributed by atoms with Crippen LogP contribution in [0.1, 0.15) is 11.6 Å². The Labute approximate surface area is 118 Å². The first-order valence-electron chi connectivity index (χ1n) is 5.85. The van der Waals surface area contributed by atoms with Gasteiger partial charge in [-0.15, -0.1) is 5.10 Å². The molecule has 0 unspecified atom stereocenters. The smallest absolute Gasteiger partial charge is 0.322 e. The molecule has 1 aromatic heterocycles. The lowest BCUT2D eigenvalue weighted by Crippen LogP contribution is -2.22. The number of hydrogen-bond acceptors (Lipinski definition) is 5. The average Bonchev–Trinajstić information content (AvgIpc) is 3.05. The first-order valence-corrected chi connectivity index (χ1v) is 7.08. The van der Waals surface area contributed by atoms with Crippen LogP contribution in [0.4, 0.5) is 4.79 Å². The van der Waals surface area contributed by atoms with Crippen molar-refractivity contribution in [2.24, 2.45) is 0 Å². The number of H-pyrrole nitrogens is 1. The van der Waals surface area contributed by atoms with Crippen LogP contribution in [-0.4, -0.2) is 33.4 Å². The zero-order chi connectivity index (χ0) is 14.1. The highest BCUT2D eigenvalue weighted by atomic mass is 32.2. The molecule has 1 aliphatic rings. The molecular formula is C12H11N5O2S. The number of hydrogen-bond donors (Lipinski definition) is 3. The predicted octanol–water partition coefficient (Wildman–Crippen LogP) is 1.07. The summed E-state index contributed by atoms with van der Waals surface area (Å²) in [5.74, 6) is 0.327. The van der Waals surface area contributed by atoms with E-state index in [0.717, 1.165) is 11.1 Å². The Hall–Kier alpha value is -2.35. The Morgan fingerprint density at radius 1 is 1.20 bits per heavy atom. The van der Waals surface area contributed by atoms with Crippen LogP contribution in [0.2, 0.25) is 0 Å².